The highest BCUT2D eigenvalue weighted by Gasteiger charge is 2.09. The van der Waals surface area contributed by atoms with E-state index in [0.717, 1.165) is 11.1 Å². The summed E-state index contributed by atoms with van der Waals surface area (Å²) in [4.78, 5) is 16.1. The van der Waals surface area contributed by atoms with E-state index in [1.54, 1.807) is 12.5 Å². The van der Waals surface area contributed by atoms with E-state index in [2.05, 4.69) is 10.3 Å². The third-order valence-corrected chi connectivity index (χ3v) is 3.14. The van der Waals surface area contributed by atoms with Crippen LogP contribution in [0.4, 0.5) is 0 Å². The lowest BCUT2D eigenvalue weighted by molar-refractivity contribution is 0.0946. The van der Waals surface area contributed by atoms with Gasteiger partial charge in [-0.15, -0.1) is 0 Å². The lowest BCUT2D eigenvalue weighted by atomic mass is 10.1. The Balaban J connectivity index is 1.93. The molecule has 2 rings (SSSR count). The Bertz CT molecular complexity index is 572. The fraction of sp³-hybridized carbons (Fsp3) is 0.333. The van der Waals surface area contributed by atoms with Crippen LogP contribution in [0, 0.1) is 0 Å². The van der Waals surface area contributed by atoms with E-state index in [1.165, 1.54) is 0 Å². The lowest BCUT2D eigenvalue weighted by Crippen LogP contribution is -2.23. The van der Waals surface area contributed by atoms with Crippen molar-refractivity contribution in [2.45, 2.75) is 33.0 Å². The topological polar surface area (TPSA) is 72.9 Å². The smallest absolute Gasteiger partial charge is 0.271 e. The summed E-state index contributed by atoms with van der Waals surface area (Å²) in [5, 5.41) is 2.86. The zero-order valence-electron chi connectivity index (χ0n) is 11.8. The molecule has 1 amide bonds. The van der Waals surface area contributed by atoms with Crippen LogP contribution in [0.5, 0.6) is 0 Å². The molecule has 0 unspecified atom stereocenters. The first-order chi connectivity index (χ1) is 9.60. The van der Waals surface area contributed by atoms with Crippen LogP contribution >= 0.6 is 0 Å². The summed E-state index contributed by atoms with van der Waals surface area (Å²) in [6.45, 7) is 5.10. The van der Waals surface area contributed by atoms with Gasteiger partial charge < -0.3 is 15.6 Å². The number of hydrogen-bond acceptors (Lipinski definition) is 3. The van der Waals surface area contributed by atoms with Crippen molar-refractivity contribution in [2.24, 2.45) is 5.73 Å². The molecule has 1 heterocycles. The van der Waals surface area contributed by atoms with Crippen LogP contribution in [0.3, 0.4) is 0 Å². The molecule has 3 N–H and O–H groups in total. The van der Waals surface area contributed by atoms with Gasteiger partial charge in [-0.2, -0.15) is 0 Å². The molecular weight excluding hydrogens is 252 g/mol. The normalized spacial score (nSPS) is 10.8. The number of benzene rings is 1. The zero-order chi connectivity index (χ0) is 14.5. The summed E-state index contributed by atoms with van der Waals surface area (Å²) >= 11 is 0. The molecule has 0 fully saturated rings. The lowest BCUT2D eigenvalue weighted by Gasteiger charge is -2.05. The van der Waals surface area contributed by atoms with Crippen molar-refractivity contribution >= 4 is 5.91 Å². The molecule has 5 nitrogen and oxygen atoms in total. The van der Waals surface area contributed by atoms with E-state index < -0.39 is 0 Å². The molecule has 0 bridgehead atoms. The minimum Gasteiger partial charge on any atom is -0.347 e. The van der Waals surface area contributed by atoms with Crippen LogP contribution in [0.25, 0.3) is 0 Å². The molecule has 20 heavy (non-hydrogen) atoms. The standard InChI is InChI=1S/C15H20N4O/c1-11(2)19-9-14(18-10-19)15(20)17-8-13-5-3-12(7-16)4-6-13/h3-6,9-11H,7-8,16H2,1-2H3,(H,17,20). The van der Waals surface area contributed by atoms with E-state index in [1.807, 2.05) is 42.7 Å². The van der Waals surface area contributed by atoms with Crippen LogP contribution in [-0.4, -0.2) is 15.5 Å². The minimum absolute atomic E-state index is 0.160. The maximum Gasteiger partial charge on any atom is 0.271 e. The van der Waals surface area contributed by atoms with Gasteiger partial charge in [-0.25, -0.2) is 4.98 Å². The number of amides is 1. The van der Waals surface area contributed by atoms with Gasteiger partial charge in [0.2, 0.25) is 0 Å². The van der Waals surface area contributed by atoms with Crippen LogP contribution < -0.4 is 11.1 Å². The first kappa shape index (κ1) is 14.3. The van der Waals surface area contributed by atoms with Crippen molar-refractivity contribution in [3.05, 3.63) is 53.6 Å². The second kappa shape index (κ2) is 6.34. The Morgan fingerprint density at radius 3 is 2.50 bits per heavy atom. The number of imidazole rings is 1. The number of nitrogens with two attached hydrogens (primary N) is 1. The van der Waals surface area contributed by atoms with Crippen LogP contribution in [0.2, 0.25) is 0 Å². The first-order valence-electron chi connectivity index (χ1n) is 6.69. The fourth-order valence-electron chi connectivity index (χ4n) is 1.80. The summed E-state index contributed by atoms with van der Waals surface area (Å²) in [6, 6.07) is 8.17. The molecule has 0 saturated carbocycles. The number of nitrogens with zero attached hydrogens (tertiary/aromatic N) is 2. The van der Waals surface area contributed by atoms with E-state index in [4.69, 9.17) is 5.73 Å². The van der Waals surface area contributed by atoms with Crippen molar-refractivity contribution in [1.29, 1.82) is 0 Å². The van der Waals surface area contributed by atoms with Crippen molar-refractivity contribution in [1.82, 2.24) is 14.9 Å². The number of carbonyl (C=O) groups excluding carboxylic acids is 1. The monoisotopic (exact) mass is 272 g/mol. The molecule has 0 aliphatic rings. The van der Waals surface area contributed by atoms with Crippen molar-refractivity contribution in [3.8, 4) is 0 Å². The Morgan fingerprint density at radius 2 is 1.95 bits per heavy atom. The number of rotatable bonds is 5. The Morgan fingerprint density at radius 1 is 1.30 bits per heavy atom. The number of nitrogens with one attached hydrogen (secondary N) is 1. The van der Waals surface area contributed by atoms with Crippen molar-refractivity contribution in [2.75, 3.05) is 0 Å². The molecule has 1 aromatic heterocycles. The van der Waals surface area contributed by atoms with Gasteiger partial charge >= 0.3 is 0 Å². The summed E-state index contributed by atoms with van der Waals surface area (Å²) in [5.74, 6) is -0.160. The Kier molecular flexibility index (Phi) is 4.53. The highest BCUT2D eigenvalue weighted by Crippen LogP contribution is 2.06. The van der Waals surface area contributed by atoms with Gasteiger partial charge in [0, 0.05) is 25.3 Å². The summed E-state index contributed by atoms with van der Waals surface area (Å²) in [5.41, 5.74) is 8.11. The predicted octanol–water partition coefficient (Wildman–Crippen LogP) is 1.85. The average Bonchev–Trinajstić information content (AvgIpc) is 2.95. The molecule has 0 saturated heterocycles. The second-order valence-corrected chi connectivity index (χ2v) is 5.00. The Hall–Kier alpha value is -2.14. The fourth-order valence-corrected chi connectivity index (χ4v) is 1.80. The third kappa shape index (κ3) is 3.45. The van der Waals surface area contributed by atoms with Gasteiger partial charge in [0.15, 0.2) is 0 Å². The molecule has 0 radical (unpaired) electrons. The first-order valence-corrected chi connectivity index (χ1v) is 6.69. The molecule has 0 aliphatic carbocycles. The van der Waals surface area contributed by atoms with E-state index in [9.17, 15) is 4.79 Å². The molecule has 1 aromatic carbocycles. The average molecular weight is 272 g/mol. The summed E-state index contributed by atoms with van der Waals surface area (Å²) in [6.07, 6.45) is 3.44. The van der Waals surface area contributed by atoms with E-state index in [-0.39, 0.29) is 5.91 Å². The molecular formula is C15H20N4O. The number of hydrogen-bond donors (Lipinski definition) is 2. The minimum atomic E-state index is -0.160. The van der Waals surface area contributed by atoms with Crippen molar-refractivity contribution < 1.29 is 4.79 Å². The van der Waals surface area contributed by atoms with Crippen LogP contribution in [0.15, 0.2) is 36.8 Å². The molecule has 0 atom stereocenters. The summed E-state index contributed by atoms with van der Waals surface area (Å²) in [7, 11) is 0. The number of aromatic nitrogens is 2. The molecule has 106 valence electrons. The highest BCUT2D eigenvalue weighted by molar-refractivity contribution is 5.91. The second-order valence-electron chi connectivity index (χ2n) is 5.00. The number of carbonyl (C=O) groups is 1. The molecule has 0 spiro atoms. The SMILES string of the molecule is CC(C)n1cnc(C(=O)NCc2ccc(CN)cc2)c1. The molecule has 0 aliphatic heterocycles. The van der Waals surface area contributed by atoms with Gasteiger partial charge in [0.1, 0.15) is 5.69 Å². The molecule has 2 aromatic rings. The van der Waals surface area contributed by atoms with Crippen LogP contribution in [0.1, 0.15) is 41.5 Å². The highest BCUT2D eigenvalue weighted by atomic mass is 16.1. The maximum atomic E-state index is 12.0. The van der Waals surface area contributed by atoms with Gasteiger partial charge in [0.25, 0.3) is 5.91 Å². The third-order valence-electron chi connectivity index (χ3n) is 3.14. The zero-order valence-corrected chi connectivity index (χ0v) is 11.8. The van der Waals surface area contributed by atoms with Gasteiger partial charge in [-0.05, 0) is 25.0 Å². The molecule has 5 heteroatoms. The summed E-state index contributed by atoms with van der Waals surface area (Å²) < 4.78 is 1.91. The quantitative estimate of drug-likeness (QED) is 0.872. The van der Waals surface area contributed by atoms with Crippen LogP contribution in [-0.2, 0) is 13.1 Å². The van der Waals surface area contributed by atoms with Gasteiger partial charge in [-0.3, -0.25) is 4.79 Å². The largest absolute Gasteiger partial charge is 0.347 e. The van der Waals surface area contributed by atoms with Gasteiger partial charge in [-0.1, -0.05) is 24.3 Å². The van der Waals surface area contributed by atoms with E-state index in [0.29, 0.717) is 24.8 Å². The van der Waals surface area contributed by atoms with E-state index >= 15 is 0 Å². The Labute approximate surface area is 118 Å². The maximum absolute atomic E-state index is 12.0. The predicted molar refractivity (Wildman–Crippen MR) is 78.1 cm³/mol. The van der Waals surface area contributed by atoms with Gasteiger partial charge in [0.05, 0.1) is 6.33 Å². The van der Waals surface area contributed by atoms with Crippen molar-refractivity contribution in [3.63, 3.8) is 0 Å².